The summed E-state index contributed by atoms with van der Waals surface area (Å²) in [6, 6.07) is 5.31. The molecule has 0 atom stereocenters. The van der Waals surface area contributed by atoms with Crippen molar-refractivity contribution in [2.45, 2.75) is 25.8 Å². The van der Waals surface area contributed by atoms with Crippen LogP contribution in [0.5, 0.6) is 0 Å². The molecule has 1 aromatic heterocycles. The number of rotatable bonds is 8. The highest BCUT2D eigenvalue weighted by molar-refractivity contribution is 6.42. The summed E-state index contributed by atoms with van der Waals surface area (Å²) in [7, 11) is 0. The van der Waals surface area contributed by atoms with Gasteiger partial charge in [-0.1, -0.05) is 35.7 Å². The van der Waals surface area contributed by atoms with Crippen LogP contribution in [0.1, 0.15) is 30.5 Å². The fourth-order valence-corrected chi connectivity index (χ4v) is 3.53. The van der Waals surface area contributed by atoms with Crippen LogP contribution in [-0.2, 0) is 6.54 Å². The van der Waals surface area contributed by atoms with E-state index in [4.69, 9.17) is 28.6 Å². The number of piperidine rings is 1. The van der Waals surface area contributed by atoms with Gasteiger partial charge in [0, 0.05) is 25.8 Å². The second-order valence-electron chi connectivity index (χ2n) is 6.75. The number of benzene rings is 1. The van der Waals surface area contributed by atoms with E-state index < -0.39 is 0 Å². The van der Waals surface area contributed by atoms with E-state index in [1.165, 1.54) is 19.3 Å². The van der Waals surface area contributed by atoms with Crippen molar-refractivity contribution in [2.75, 3.05) is 36.8 Å². The minimum Gasteiger partial charge on any atom is -0.377 e. The lowest BCUT2D eigenvalue weighted by atomic mass is 10.1. The van der Waals surface area contributed by atoms with E-state index in [0.29, 0.717) is 40.5 Å². The average molecular weight is 423 g/mol. The number of aromatic nitrogens is 2. The number of H-pyrrole nitrogens is 1. The number of hydrogen-bond acceptors (Lipinski definition) is 6. The standard InChI is InChI=1S/C19H24Cl2N6O/c20-14-5-4-13(10-15(14)21)12-24-19-25-16(11-22)17(18(28)26-19)23-6-9-27-7-2-1-3-8-27/h4-5,10-11,22-23H,1-3,6-9,12H2,(H2,24,25,26,28). The average Bonchev–Trinajstić information content (AvgIpc) is 2.70. The van der Waals surface area contributed by atoms with Gasteiger partial charge in [-0.2, -0.15) is 0 Å². The lowest BCUT2D eigenvalue weighted by Crippen LogP contribution is -2.34. The molecular weight excluding hydrogens is 399 g/mol. The second-order valence-corrected chi connectivity index (χ2v) is 7.56. The first kappa shape index (κ1) is 20.6. The molecule has 150 valence electrons. The maximum absolute atomic E-state index is 12.5. The van der Waals surface area contributed by atoms with E-state index >= 15 is 0 Å². The Bertz CT molecular complexity index is 879. The fraction of sp³-hybridized carbons (Fsp3) is 0.421. The van der Waals surface area contributed by atoms with Gasteiger partial charge in [-0.25, -0.2) is 4.98 Å². The summed E-state index contributed by atoms with van der Waals surface area (Å²) in [5, 5.41) is 14.7. The molecule has 0 aliphatic carbocycles. The van der Waals surface area contributed by atoms with Crippen molar-refractivity contribution in [3.8, 4) is 0 Å². The van der Waals surface area contributed by atoms with Gasteiger partial charge in [-0.05, 0) is 43.6 Å². The number of aromatic amines is 1. The molecule has 1 fully saturated rings. The molecule has 7 nitrogen and oxygen atoms in total. The quantitative estimate of drug-likeness (QED) is 0.487. The molecule has 0 spiro atoms. The molecule has 0 saturated carbocycles. The van der Waals surface area contributed by atoms with E-state index in [0.717, 1.165) is 31.4 Å². The molecule has 1 aliphatic rings. The van der Waals surface area contributed by atoms with Crippen LogP contribution in [0.15, 0.2) is 23.0 Å². The number of likely N-dealkylation sites (tertiary alicyclic amines) is 1. The van der Waals surface area contributed by atoms with E-state index in [1.54, 1.807) is 12.1 Å². The molecule has 0 radical (unpaired) electrons. The summed E-state index contributed by atoms with van der Waals surface area (Å²) < 4.78 is 0. The van der Waals surface area contributed by atoms with Gasteiger partial charge in [0.05, 0.1) is 10.0 Å². The summed E-state index contributed by atoms with van der Waals surface area (Å²) in [6.07, 6.45) is 4.84. The van der Waals surface area contributed by atoms with Crippen LogP contribution < -0.4 is 16.2 Å². The van der Waals surface area contributed by atoms with Crippen LogP contribution in [0.2, 0.25) is 10.0 Å². The largest absolute Gasteiger partial charge is 0.377 e. The van der Waals surface area contributed by atoms with Crippen molar-refractivity contribution in [3.05, 3.63) is 49.9 Å². The van der Waals surface area contributed by atoms with Crippen molar-refractivity contribution in [1.29, 1.82) is 5.41 Å². The minimum absolute atomic E-state index is 0.302. The van der Waals surface area contributed by atoms with E-state index in [9.17, 15) is 4.79 Å². The minimum atomic E-state index is -0.302. The lowest BCUT2D eigenvalue weighted by molar-refractivity contribution is 0.237. The molecule has 3 rings (SSSR count). The normalized spacial score (nSPS) is 14.6. The van der Waals surface area contributed by atoms with Gasteiger partial charge in [0.25, 0.3) is 5.56 Å². The van der Waals surface area contributed by atoms with Gasteiger partial charge >= 0.3 is 0 Å². The summed E-state index contributed by atoms with van der Waals surface area (Å²) in [5.41, 5.74) is 1.23. The first-order valence-electron chi connectivity index (χ1n) is 9.35. The van der Waals surface area contributed by atoms with Gasteiger partial charge < -0.3 is 20.9 Å². The first-order valence-corrected chi connectivity index (χ1v) is 10.1. The molecule has 28 heavy (non-hydrogen) atoms. The SMILES string of the molecule is N=Cc1nc(NCc2ccc(Cl)c(Cl)c2)[nH]c(=O)c1NCCN1CCCCC1. The fourth-order valence-electron chi connectivity index (χ4n) is 3.21. The maximum Gasteiger partial charge on any atom is 0.276 e. The third-order valence-corrected chi connectivity index (χ3v) is 5.45. The van der Waals surface area contributed by atoms with Crippen molar-refractivity contribution >= 4 is 41.1 Å². The zero-order valence-electron chi connectivity index (χ0n) is 15.5. The zero-order valence-corrected chi connectivity index (χ0v) is 17.0. The molecular formula is C19H24Cl2N6O. The number of anilines is 2. The second kappa shape index (κ2) is 9.91. The van der Waals surface area contributed by atoms with E-state index in [2.05, 4.69) is 25.5 Å². The molecule has 9 heteroatoms. The Morgan fingerprint density at radius 1 is 1.18 bits per heavy atom. The summed E-state index contributed by atoms with van der Waals surface area (Å²) in [5.74, 6) is 0.302. The third kappa shape index (κ3) is 5.47. The summed E-state index contributed by atoms with van der Waals surface area (Å²) >= 11 is 11.9. The molecule has 2 heterocycles. The van der Waals surface area contributed by atoms with Crippen LogP contribution in [0.4, 0.5) is 11.6 Å². The van der Waals surface area contributed by atoms with Crippen molar-refractivity contribution in [1.82, 2.24) is 14.9 Å². The van der Waals surface area contributed by atoms with Crippen molar-refractivity contribution in [2.24, 2.45) is 0 Å². The zero-order chi connectivity index (χ0) is 19.9. The Morgan fingerprint density at radius 3 is 2.68 bits per heavy atom. The highest BCUT2D eigenvalue weighted by Crippen LogP contribution is 2.22. The highest BCUT2D eigenvalue weighted by atomic mass is 35.5. The van der Waals surface area contributed by atoms with Gasteiger partial charge in [0.15, 0.2) is 0 Å². The number of halogens is 2. The predicted molar refractivity (Wildman–Crippen MR) is 115 cm³/mol. The molecule has 0 amide bonds. The van der Waals surface area contributed by atoms with Gasteiger partial charge in [-0.3, -0.25) is 9.78 Å². The smallest absolute Gasteiger partial charge is 0.276 e. The number of nitrogens with one attached hydrogen (secondary N) is 4. The van der Waals surface area contributed by atoms with Gasteiger partial charge in [0.2, 0.25) is 5.95 Å². The van der Waals surface area contributed by atoms with Crippen LogP contribution in [0, 0.1) is 5.41 Å². The number of nitrogens with zero attached hydrogens (tertiary/aromatic N) is 2. The Balaban J connectivity index is 1.62. The molecule has 2 aromatic rings. The molecule has 1 saturated heterocycles. The highest BCUT2D eigenvalue weighted by Gasteiger charge is 2.12. The first-order chi connectivity index (χ1) is 13.6. The summed E-state index contributed by atoms with van der Waals surface area (Å²) in [6.45, 7) is 4.13. The molecule has 0 bridgehead atoms. The molecule has 1 aliphatic heterocycles. The monoisotopic (exact) mass is 422 g/mol. The van der Waals surface area contributed by atoms with Crippen LogP contribution in [-0.4, -0.2) is 47.3 Å². The molecule has 1 aromatic carbocycles. The van der Waals surface area contributed by atoms with E-state index in [1.807, 2.05) is 6.07 Å². The van der Waals surface area contributed by atoms with Crippen LogP contribution in [0.3, 0.4) is 0 Å². The van der Waals surface area contributed by atoms with Gasteiger partial charge in [-0.15, -0.1) is 0 Å². The van der Waals surface area contributed by atoms with Gasteiger partial charge in [0.1, 0.15) is 11.4 Å². The number of hydrogen-bond donors (Lipinski definition) is 4. The topological polar surface area (TPSA) is 96.9 Å². The Hall–Kier alpha value is -2.09. The Morgan fingerprint density at radius 2 is 1.96 bits per heavy atom. The Labute approximate surface area is 174 Å². The predicted octanol–water partition coefficient (Wildman–Crippen LogP) is 3.58. The van der Waals surface area contributed by atoms with Crippen molar-refractivity contribution in [3.63, 3.8) is 0 Å². The van der Waals surface area contributed by atoms with Crippen molar-refractivity contribution < 1.29 is 0 Å². The lowest BCUT2D eigenvalue weighted by Gasteiger charge is -2.26. The van der Waals surface area contributed by atoms with E-state index in [-0.39, 0.29) is 5.56 Å². The summed E-state index contributed by atoms with van der Waals surface area (Å²) in [4.78, 5) is 21.9. The maximum atomic E-state index is 12.5. The van der Waals surface area contributed by atoms with Crippen LogP contribution in [0.25, 0.3) is 0 Å². The third-order valence-electron chi connectivity index (χ3n) is 4.71. The Kier molecular flexibility index (Phi) is 7.30. The van der Waals surface area contributed by atoms with Crippen LogP contribution >= 0.6 is 23.2 Å². The molecule has 4 N–H and O–H groups in total. The molecule has 0 unspecified atom stereocenters.